The maximum Gasteiger partial charge on any atom is 0.490 e. The van der Waals surface area contributed by atoms with E-state index in [1.807, 2.05) is 0 Å². The van der Waals surface area contributed by atoms with Gasteiger partial charge in [0.05, 0.1) is 12.0 Å². The summed E-state index contributed by atoms with van der Waals surface area (Å²) in [7, 11) is -16.8. The zero-order chi connectivity index (χ0) is 25.7. The lowest BCUT2D eigenvalue weighted by atomic mass is 9.92. The quantitative estimate of drug-likeness (QED) is 0.135. The molecule has 0 bridgehead atoms. The Kier molecular flexibility index (Phi) is 7.01. The maximum absolute atomic E-state index is 12.1. The van der Waals surface area contributed by atoms with Crippen LogP contribution >= 0.6 is 23.5 Å². The van der Waals surface area contributed by atoms with E-state index < -0.39 is 59.6 Å². The Hall–Kier alpha value is -1.93. The first-order valence-corrected chi connectivity index (χ1v) is 13.2. The van der Waals surface area contributed by atoms with Crippen LogP contribution in [-0.4, -0.2) is 63.6 Å². The number of nitrogen functional groups attached to an aromatic ring is 1. The van der Waals surface area contributed by atoms with Gasteiger partial charge in [0, 0.05) is 6.20 Å². The lowest BCUT2D eigenvalue weighted by molar-refractivity contribution is -0.0436. The van der Waals surface area contributed by atoms with Crippen molar-refractivity contribution in [2.45, 2.75) is 24.0 Å². The van der Waals surface area contributed by atoms with Crippen LogP contribution in [0.15, 0.2) is 17.1 Å². The summed E-state index contributed by atoms with van der Waals surface area (Å²) in [5.74, 6) is 1.89. The number of ether oxygens (including phenoxy) is 1. The second kappa shape index (κ2) is 8.94. The third-order valence-electron chi connectivity index (χ3n) is 4.47. The Labute approximate surface area is 188 Å². The number of hydrogen-bond donors (Lipinski definition) is 8. The van der Waals surface area contributed by atoms with Crippen LogP contribution < -0.4 is 17.0 Å². The van der Waals surface area contributed by atoms with Crippen molar-refractivity contribution >= 4 is 40.4 Å². The van der Waals surface area contributed by atoms with E-state index in [9.17, 15) is 33.4 Å². The smallest absolute Gasteiger partial charge is 0.387 e. The van der Waals surface area contributed by atoms with Crippen molar-refractivity contribution in [3.05, 3.63) is 22.6 Å². The monoisotopic (exact) mass is 545 g/mol. The topological polar surface area (TPSA) is 292 Å². The second-order valence-electron chi connectivity index (χ2n) is 6.85. The Bertz CT molecular complexity index is 1350. The fourth-order valence-electron chi connectivity index (χ4n) is 3.11. The summed E-state index contributed by atoms with van der Waals surface area (Å²) in [6.45, 7) is -1.02. The van der Waals surface area contributed by atoms with Gasteiger partial charge in [-0.1, -0.05) is 5.92 Å². The number of nitrogens with one attached hydrogen (secondary N) is 1. The van der Waals surface area contributed by atoms with Crippen molar-refractivity contribution < 1.29 is 56.3 Å². The van der Waals surface area contributed by atoms with Gasteiger partial charge in [-0.05, 0) is 6.07 Å². The molecule has 21 heteroatoms. The summed E-state index contributed by atoms with van der Waals surface area (Å²) in [4.78, 5) is 54.2. The number of aromatic nitrogens is 3. The van der Waals surface area contributed by atoms with E-state index in [-0.39, 0.29) is 17.0 Å². The molecule has 3 heterocycles. The molecule has 3 unspecified atom stereocenters. The number of aromatic amines is 1. The molecule has 1 aliphatic rings. The fraction of sp³-hybridized carbons (Fsp3) is 0.385. The van der Waals surface area contributed by atoms with Crippen molar-refractivity contribution in [2.75, 3.05) is 12.3 Å². The molecule has 1 saturated heterocycles. The van der Waals surface area contributed by atoms with E-state index in [4.69, 9.17) is 32.4 Å². The molecule has 0 saturated carbocycles. The van der Waals surface area contributed by atoms with Crippen LogP contribution in [0.1, 0.15) is 6.23 Å². The van der Waals surface area contributed by atoms with Crippen LogP contribution in [-0.2, 0) is 31.6 Å². The van der Waals surface area contributed by atoms with E-state index >= 15 is 0 Å². The molecule has 3 rings (SSSR count). The Morgan fingerprint density at radius 3 is 2.50 bits per heavy atom. The van der Waals surface area contributed by atoms with Crippen molar-refractivity contribution in [1.82, 2.24) is 14.5 Å². The summed E-state index contributed by atoms with van der Waals surface area (Å²) in [6, 6.07) is 1.34. The summed E-state index contributed by atoms with van der Waals surface area (Å²) in [5, 5.41) is 10.7. The minimum absolute atomic E-state index is 0.0166. The van der Waals surface area contributed by atoms with E-state index in [0.717, 1.165) is 0 Å². The van der Waals surface area contributed by atoms with E-state index in [0.29, 0.717) is 0 Å². The van der Waals surface area contributed by atoms with Gasteiger partial charge in [0.2, 0.25) is 5.95 Å². The van der Waals surface area contributed by atoms with E-state index in [1.54, 1.807) is 0 Å². The predicted molar refractivity (Wildman–Crippen MR) is 110 cm³/mol. The average Bonchev–Trinajstić information content (AvgIpc) is 3.17. The molecule has 0 aliphatic carbocycles. The highest BCUT2D eigenvalue weighted by atomic mass is 31.3. The molecule has 6 atom stereocenters. The Balaban J connectivity index is 1.83. The second-order valence-corrected chi connectivity index (χ2v) is 11.3. The van der Waals surface area contributed by atoms with Gasteiger partial charge in [0.1, 0.15) is 12.2 Å². The summed E-state index contributed by atoms with van der Waals surface area (Å²) >= 11 is 0. The number of fused-ring (bicyclic) bond motifs is 1. The van der Waals surface area contributed by atoms with Gasteiger partial charge in [-0.2, -0.15) is 13.6 Å². The summed E-state index contributed by atoms with van der Waals surface area (Å²) in [5.41, 5.74) is 9.06. The molecular formula is C13H18N5O13P3. The van der Waals surface area contributed by atoms with Crippen LogP contribution in [0.5, 0.6) is 0 Å². The molecule has 0 radical (unpaired) electrons. The van der Waals surface area contributed by atoms with Gasteiger partial charge in [0.25, 0.3) is 5.56 Å². The highest BCUT2D eigenvalue weighted by Gasteiger charge is 2.55. The van der Waals surface area contributed by atoms with Gasteiger partial charge < -0.3 is 45.5 Å². The molecule has 0 spiro atoms. The molecule has 10 N–H and O–H groups in total. The minimum Gasteiger partial charge on any atom is -0.387 e. The average molecular weight is 545 g/mol. The molecule has 1 fully saturated rings. The number of aliphatic hydroxyl groups excluding tert-OH is 1. The van der Waals surface area contributed by atoms with Gasteiger partial charge in [-0.15, -0.1) is 6.42 Å². The summed E-state index contributed by atoms with van der Waals surface area (Å²) < 4.78 is 52.5. The normalized spacial score (nSPS) is 28.9. The molecule has 2 aromatic rings. The number of aliphatic hydroxyl groups is 1. The highest BCUT2D eigenvalue weighted by Crippen LogP contribution is 2.66. The lowest BCUT2D eigenvalue weighted by Gasteiger charge is -2.27. The van der Waals surface area contributed by atoms with Gasteiger partial charge in [-0.25, -0.2) is 13.7 Å². The number of phosphoric acid groups is 3. The van der Waals surface area contributed by atoms with Gasteiger partial charge in [0.15, 0.2) is 17.4 Å². The van der Waals surface area contributed by atoms with Crippen LogP contribution in [0, 0.1) is 12.3 Å². The first-order valence-electron chi connectivity index (χ1n) is 8.73. The lowest BCUT2D eigenvalue weighted by Crippen LogP contribution is -2.53. The predicted octanol–water partition coefficient (Wildman–Crippen LogP) is -1.76. The molecular weight excluding hydrogens is 527 g/mol. The zero-order valence-corrected chi connectivity index (χ0v) is 19.2. The SMILES string of the molecule is C#CC1(N)[C@@H](O)[C@@H](COP(=O)(O)OP(=O)(O)OP(=O)(O)O)O[C@H]1n1ccc2c(=O)[nH]c(N)nc21. The number of rotatable bonds is 8. The van der Waals surface area contributed by atoms with E-state index in [1.165, 1.54) is 16.8 Å². The third kappa shape index (κ3) is 5.48. The minimum atomic E-state index is -5.75. The van der Waals surface area contributed by atoms with Crippen molar-refractivity contribution in [3.8, 4) is 12.3 Å². The number of nitrogens with two attached hydrogens (primary N) is 2. The van der Waals surface area contributed by atoms with Crippen molar-refractivity contribution in [3.63, 3.8) is 0 Å². The Morgan fingerprint density at radius 1 is 1.26 bits per heavy atom. The molecule has 188 valence electrons. The number of terminal acetylenes is 1. The van der Waals surface area contributed by atoms with Crippen molar-refractivity contribution in [1.29, 1.82) is 0 Å². The molecule has 0 aromatic carbocycles. The van der Waals surface area contributed by atoms with Crippen LogP contribution in [0.25, 0.3) is 11.0 Å². The number of H-pyrrole nitrogens is 1. The number of hydrogen-bond acceptors (Lipinski definition) is 12. The first-order chi connectivity index (χ1) is 15.5. The molecule has 18 nitrogen and oxygen atoms in total. The fourth-order valence-corrected chi connectivity index (χ4v) is 6.14. The Morgan fingerprint density at radius 2 is 1.91 bits per heavy atom. The third-order valence-corrected chi connectivity index (χ3v) is 8.28. The zero-order valence-electron chi connectivity index (χ0n) is 16.6. The van der Waals surface area contributed by atoms with Crippen LogP contribution in [0.3, 0.4) is 0 Å². The molecule has 1 aliphatic heterocycles. The molecule has 34 heavy (non-hydrogen) atoms. The standard InChI is InChI=1S/C13H18N5O13P3/c1-2-13(15)8(19)7(5-28-33(24,25)31-34(26,27)30-32(21,22)23)29-11(13)18-4-3-6-9(18)16-12(14)17-10(6)20/h1,3-4,7-8,11,19H,5,15H2,(H,24,25)(H,26,27)(H2,21,22,23)(H3,14,16,17,20)/t7-,8+,11-,13?/m1/s1. The molecule has 2 aromatic heterocycles. The number of anilines is 1. The van der Waals surface area contributed by atoms with Crippen LogP contribution in [0.4, 0.5) is 5.95 Å². The van der Waals surface area contributed by atoms with Gasteiger partial charge in [-0.3, -0.25) is 14.3 Å². The number of phosphoric ester groups is 1. The highest BCUT2D eigenvalue weighted by molar-refractivity contribution is 7.66. The molecule has 0 amide bonds. The first kappa shape index (κ1) is 26.7. The van der Waals surface area contributed by atoms with Crippen LogP contribution in [0.2, 0.25) is 0 Å². The van der Waals surface area contributed by atoms with Gasteiger partial charge >= 0.3 is 23.5 Å². The maximum atomic E-state index is 12.1. The number of nitrogens with zero attached hydrogens (tertiary/aromatic N) is 2. The summed E-state index contributed by atoms with van der Waals surface area (Å²) in [6.07, 6.45) is 2.06. The van der Waals surface area contributed by atoms with E-state index in [2.05, 4.69) is 29.0 Å². The van der Waals surface area contributed by atoms with Crippen molar-refractivity contribution in [2.24, 2.45) is 5.73 Å². The largest absolute Gasteiger partial charge is 0.490 e.